The third-order valence-corrected chi connectivity index (χ3v) is 7.61. The van der Waals surface area contributed by atoms with Crippen molar-refractivity contribution in [1.29, 1.82) is 0 Å². The maximum Gasteiger partial charge on any atom is 0.160 e. The normalized spacial score (nSPS) is 18.5. The van der Waals surface area contributed by atoms with Gasteiger partial charge in [0.25, 0.3) is 0 Å². The van der Waals surface area contributed by atoms with Crippen LogP contribution in [0.3, 0.4) is 0 Å². The predicted molar refractivity (Wildman–Crippen MR) is 167 cm³/mol. The number of furan rings is 1. The van der Waals surface area contributed by atoms with Crippen molar-refractivity contribution in [2.45, 2.75) is 19.8 Å². The Hall–Kier alpha value is -5.02. The first-order chi connectivity index (χ1) is 19.8. The van der Waals surface area contributed by atoms with Gasteiger partial charge in [-0.25, -0.2) is 9.98 Å². The van der Waals surface area contributed by atoms with Crippen molar-refractivity contribution in [1.82, 2.24) is 0 Å². The predicted octanol–water partition coefficient (Wildman–Crippen LogP) is 9.71. The zero-order valence-electron chi connectivity index (χ0n) is 22.3. The molecule has 3 heteroatoms. The highest BCUT2D eigenvalue weighted by molar-refractivity contribution is 6.19. The van der Waals surface area contributed by atoms with Crippen LogP contribution < -0.4 is 0 Å². The molecule has 192 valence electrons. The molecule has 0 bridgehead atoms. The molecule has 1 aliphatic rings. The van der Waals surface area contributed by atoms with E-state index in [0.29, 0.717) is 0 Å². The summed E-state index contributed by atoms with van der Waals surface area (Å²) < 4.78 is 6.22. The van der Waals surface area contributed by atoms with Gasteiger partial charge in [-0.1, -0.05) is 115 Å². The number of para-hydroxylation sites is 1. The summed E-state index contributed by atoms with van der Waals surface area (Å²) in [4.78, 5) is 10.5. The summed E-state index contributed by atoms with van der Waals surface area (Å²) in [6.45, 7) is 2.20. The molecule has 0 fully saturated rings. The van der Waals surface area contributed by atoms with Crippen LogP contribution in [-0.4, -0.2) is 11.5 Å². The molecule has 2 heterocycles. The zero-order chi connectivity index (χ0) is 26.9. The topological polar surface area (TPSA) is 37.9 Å². The van der Waals surface area contributed by atoms with Crippen molar-refractivity contribution < 1.29 is 4.42 Å². The molecule has 0 atom stereocenters. The Kier molecular flexibility index (Phi) is 6.18. The third kappa shape index (κ3) is 4.36. The monoisotopic (exact) mass is 516 g/mol. The molecule has 0 aliphatic carbocycles. The molecule has 0 amide bonds. The van der Waals surface area contributed by atoms with Gasteiger partial charge in [0.2, 0.25) is 0 Å². The van der Waals surface area contributed by atoms with Crippen molar-refractivity contribution in [3.05, 3.63) is 150 Å². The van der Waals surface area contributed by atoms with E-state index in [1.807, 2.05) is 42.5 Å². The average molecular weight is 517 g/mol. The maximum absolute atomic E-state index is 6.22. The number of hydrogen-bond acceptors (Lipinski definition) is 3. The summed E-state index contributed by atoms with van der Waals surface area (Å²) in [5, 5.41) is 2.26. The second-order valence-corrected chi connectivity index (χ2v) is 10.2. The Morgan fingerprint density at radius 2 is 1.15 bits per heavy atom. The van der Waals surface area contributed by atoms with Gasteiger partial charge in [0, 0.05) is 27.5 Å². The van der Waals surface area contributed by atoms with Crippen LogP contribution >= 0.6 is 0 Å². The van der Waals surface area contributed by atoms with E-state index in [-0.39, 0.29) is 0 Å². The van der Waals surface area contributed by atoms with Gasteiger partial charge in [0.05, 0.1) is 11.4 Å². The van der Waals surface area contributed by atoms with E-state index < -0.39 is 0 Å². The Morgan fingerprint density at radius 1 is 0.525 bits per heavy atom. The Morgan fingerprint density at radius 3 is 1.95 bits per heavy atom. The molecule has 0 spiro atoms. The lowest BCUT2D eigenvalue weighted by molar-refractivity contribution is 0.669. The van der Waals surface area contributed by atoms with Crippen molar-refractivity contribution in [2.24, 2.45) is 9.98 Å². The molecule has 0 saturated heterocycles. The largest absolute Gasteiger partial charge is 0.456 e. The Balaban J connectivity index is 1.43. The summed E-state index contributed by atoms with van der Waals surface area (Å²) in [6, 6.07) is 43.9. The van der Waals surface area contributed by atoms with Crippen LogP contribution in [0.5, 0.6) is 0 Å². The molecule has 3 nitrogen and oxygen atoms in total. The standard InChI is InChI=1S/C37H28N2O/c1-25-23-24-32(38-37(27-15-6-3-7-16-27)39-36(25)26-13-4-2-5-14-26)29-18-9-8-17-28(29)30-20-12-22-34-35(30)31-19-10-11-21-33(31)40-34/h2-22H,23-24H2,1H3/b36-25-,38-32+,39-37-. The second-order valence-electron chi connectivity index (χ2n) is 10.2. The van der Waals surface area contributed by atoms with Crippen LogP contribution in [-0.2, 0) is 0 Å². The van der Waals surface area contributed by atoms with E-state index in [4.69, 9.17) is 14.4 Å². The average Bonchev–Trinajstić information content (AvgIpc) is 3.39. The molecule has 5 aromatic carbocycles. The highest BCUT2D eigenvalue weighted by atomic mass is 16.3. The number of allylic oxidation sites excluding steroid dienone is 1. The summed E-state index contributed by atoms with van der Waals surface area (Å²) in [5.74, 6) is 0.732. The van der Waals surface area contributed by atoms with Gasteiger partial charge < -0.3 is 4.42 Å². The summed E-state index contributed by atoms with van der Waals surface area (Å²) in [7, 11) is 0. The van der Waals surface area contributed by atoms with Gasteiger partial charge in [-0.2, -0.15) is 0 Å². The number of benzene rings is 5. The number of aliphatic imine (C=N–C) groups is 2. The number of amidine groups is 1. The quantitative estimate of drug-likeness (QED) is 0.230. The van der Waals surface area contributed by atoms with Gasteiger partial charge in [0.15, 0.2) is 5.84 Å². The molecule has 0 N–H and O–H groups in total. The van der Waals surface area contributed by atoms with Crippen molar-refractivity contribution in [2.75, 3.05) is 0 Å². The lowest BCUT2D eigenvalue weighted by atomic mass is 9.90. The zero-order valence-corrected chi connectivity index (χ0v) is 22.3. The van der Waals surface area contributed by atoms with E-state index in [9.17, 15) is 0 Å². The van der Waals surface area contributed by atoms with Crippen molar-refractivity contribution in [3.63, 3.8) is 0 Å². The minimum atomic E-state index is 0.732. The van der Waals surface area contributed by atoms with Crippen LogP contribution in [0.15, 0.2) is 147 Å². The summed E-state index contributed by atoms with van der Waals surface area (Å²) in [6.07, 6.45) is 1.69. The molecule has 0 unspecified atom stereocenters. The molecule has 1 aromatic heterocycles. The number of nitrogens with zero attached hydrogens (tertiary/aromatic N) is 2. The Bertz CT molecular complexity index is 1940. The van der Waals surface area contributed by atoms with Crippen molar-refractivity contribution in [3.8, 4) is 11.1 Å². The molecular weight excluding hydrogens is 488 g/mol. The minimum Gasteiger partial charge on any atom is -0.456 e. The van der Waals surface area contributed by atoms with E-state index >= 15 is 0 Å². The van der Waals surface area contributed by atoms with Crippen LogP contribution in [0, 0.1) is 0 Å². The lowest BCUT2D eigenvalue weighted by Crippen LogP contribution is -2.11. The Labute approximate surface area is 233 Å². The fourth-order valence-corrected chi connectivity index (χ4v) is 5.62. The second kappa shape index (κ2) is 10.3. The molecule has 0 radical (unpaired) electrons. The maximum atomic E-state index is 6.22. The van der Waals surface area contributed by atoms with Crippen LogP contribution in [0.2, 0.25) is 0 Å². The SMILES string of the molecule is C/C1=C(c2ccccc2)/N=C(c2ccccc2)\N=C(\c2ccccc2-c2cccc3oc4ccccc4c23)CC1. The fraction of sp³-hybridized carbons (Fsp3) is 0.0811. The molecule has 0 saturated carbocycles. The highest BCUT2D eigenvalue weighted by Crippen LogP contribution is 2.38. The first-order valence-electron chi connectivity index (χ1n) is 13.7. The molecule has 1 aliphatic heterocycles. The fourth-order valence-electron chi connectivity index (χ4n) is 5.62. The lowest BCUT2D eigenvalue weighted by Gasteiger charge is -2.18. The molecular formula is C37H28N2O. The van der Waals surface area contributed by atoms with E-state index in [0.717, 1.165) is 79.8 Å². The first kappa shape index (κ1) is 24.1. The van der Waals surface area contributed by atoms with Gasteiger partial charge >= 0.3 is 0 Å². The summed E-state index contributed by atoms with van der Waals surface area (Å²) in [5.41, 5.74) is 10.6. The number of rotatable bonds is 4. The number of hydrogen-bond donors (Lipinski definition) is 0. The van der Waals surface area contributed by atoms with Crippen LogP contribution in [0.25, 0.3) is 38.8 Å². The molecule has 7 rings (SSSR count). The first-order valence-corrected chi connectivity index (χ1v) is 13.7. The van der Waals surface area contributed by atoms with Gasteiger partial charge in [-0.05, 0) is 48.6 Å². The number of fused-ring (bicyclic) bond motifs is 3. The van der Waals surface area contributed by atoms with E-state index in [2.05, 4.69) is 91.9 Å². The van der Waals surface area contributed by atoms with Gasteiger partial charge in [-0.15, -0.1) is 0 Å². The molecule has 40 heavy (non-hydrogen) atoms. The van der Waals surface area contributed by atoms with E-state index in [1.165, 1.54) is 5.57 Å². The third-order valence-electron chi connectivity index (χ3n) is 7.61. The summed E-state index contributed by atoms with van der Waals surface area (Å²) >= 11 is 0. The highest BCUT2D eigenvalue weighted by Gasteiger charge is 2.20. The van der Waals surface area contributed by atoms with Crippen molar-refractivity contribution >= 4 is 39.2 Å². The van der Waals surface area contributed by atoms with Gasteiger partial charge in [0.1, 0.15) is 11.2 Å². The molecule has 6 aromatic rings. The van der Waals surface area contributed by atoms with E-state index in [1.54, 1.807) is 0 Å². The minimum absolute atomic E-state index is 0.732. The van der Waals surface area contributed by atoms with Crippen LogP contribution in [0.1, 0.15) is 36.5 Å². The van der Waals surface area contributed by atoms with Gasteiger partial charge in [-0.3, -0.25) is 0 Å². The smallest absolute Gasteiger partial charge is 0.160 e. The van der Waals surface area contributed by atoms with Crippen LogP contribution in [0.4, 0.5) is 0 Å².